The first-order valence-corrected chi connectivity index (χ1v) is 7.68. The molecule has 0 aliphatic heterocycles. The summed E-state index contributed by atoms with van der Waals surface area (Å²) in [6.45, 7) is 5.99. The molecule has 2 rings (SSSR count). The zero-order valence-electron chi connectivity index (χ0n) is 13.8. The molecule has 0 bridgehead atoms. The quantitative estimate of drug-likeness (QED) is 0.852. The summed E-state index contributed by atoms with van der Waals surface area (Å²) >= 11 is 0. The number of amides is 1. The standard InChI is InChI=1S/C17H24N4O.ClH/c1-4-12(2)16(18)17(22)20-13(3)14-6-8-15(9-7-14)21-11-5-10-19-21;/h5-13,16H,4,18H2,1-3H3,(H,20,22);1H. The maximum absolute atomic E-state index is 12.1. The lowest BCUT2D eigenvalue weighted by Gasteiger charge is -2.21. The van der Waals surface area contributed by atoms with E-state index in [1.54, 1.807) is 10.9 Å². The van der Waals surface area contributed by atoms with Gasteiger partial charge in [0.2, 0.25) is 5.91 Å². The number of carbonyl (C=O) groups is 1. The van der Waals surface area contributed by atoms with Gasteiger partial charge in [0.25, 0.3) is 0 Å². The molecule has 0 saturated carbocycles. The molecule has 23 heavy (non-hydrogen) atoms. The second-order valence-electron chi connectivity index (χ2n) is 5.68. The van der Waals surface area contributed by atoms with Crippen LogP contribution in [0.4, 0.5) is 0 Å². The van der Waals surface area contributed by atoms with Gasteiger partial charge < -0.3 is 11.1 Å². The summed E-state index contributed by atoms with van der Waals surface area (Å²) in [6, 6.07) is 9.31. The number of halogens is 1. The number of nitrogens with one attached hydrogen (secondary N) is 1. The number of hydrogen-bond donors (Lipinski definition) is 2. The summed E-state index contributed by atoms with van der Waals surface area (Å²) in [7, 11) is 0. The first-order chi connectivity index (χ1) is 10.5. The summed E-state index contributed by atoms with van der Waals surface area (Å²) < 4.78 is 1.80. The molecule has 0 radical (unpaired) electrons. The van der Waals surface area contributed by atoms with Crippen molar-refractivity contribution in [2.45, 2.75) is 39.3 Å². The van der Waals surface area contributed by atoms with Gasteiger partial charge in [-0.05, 0) is 36.6 Å². The normalized spacial score (nSPS) is 14.4. The van der Waals surface area contributed by atoms with Crippen LogP contribution in [0.3, 0.4) is 0 Å². The van der Waals surface area contributed by atoms with E-state index in [4.69, 9.17) is 5.73 Å². The summed E-state index contributed by atoms with van der Waals surface area (Å²) in [5.74, 6) is 0.0763. The van der Waals surface area contributed by atoms with Gasteiger partial charge in [0.1, 0.15) is 0 Å². The highest BCUT2D eigenvalue weighted by Crippen LogP contribution is 2.16. The van der Waals surface area contributed by atoms with E-state index in [0.717, 1.165) is 17.7 Å². The molecule has 1 aromatic heterocycles. The van der Waals surface area contributed by atoms with Crippen molar-refractivity contribution in [1.82, 2.24) is 15.1 Å². The van der Waals surface area contributed by atoms with E-state index < -0.39 is 6.04 Å². The molecular weight excluding hydrogens is 312 g/mol. The smallest absolute Gasteiger partial charge is 0.237 e. The van der Waals surface area contributed by atoms with Crippen LogP contribution in [-0.2, 0) is 4.79 Å². The average molecular weight is 337 g/mol. The third-order valence-electron chi connectivity index (χ3n) is 4.08. The minimum atomic E-state index is -0.462. The predicted octanol–water partition coefficient (Wildman–Crippen LogP) is 2.84. The summed E-state index contributed by atoms with van der Waals surface area (Å²) in [6.07, 6.45) is 4.53. The highest BCUT2D eigenvalue weighted by atomic mass is 35.5. The summed E-state index contributed by atoms with van der Waals surface area (Å²) in [5.41, 5.74) is 7.99. The lowest BCUT2D eigenvalue weighted by Crippen LogP contribution is -2.45. The van der Waals surface area contributed by atoms with E-state index in [9.17, 15) is 4.79 Å². The van der Waals surface area contributed by atoms with Crippen LogP contribution in [-0.4, -0.2) is 21.7 Å². The van der Waals surface area contributed by atoms with Crippen LogP contribution in [0.2, 0.25) is 0 Å². The molecule has 0 aliphatic carbocycles. The fourth-order valence-corrected chi connectivity index (χ4v) is 2.24. The van der Waals surface area contributed by atoms with Crippen LogP contribution in [0, 0.1) is 5.92 Å². The fourth-order valence-electron chi connectivity index (χ4n) is 2.24. The van der Waals surface area contributed by atoms with Gasteiger partial charge >= 0.3 is 0 Å². The lowest BCUT2D eigenvalue weighted by atomic mass is 9.98. The molecule has 0 spiro atoms. The zero-order chi connectivity index (χ0) is 16.1. The van der Waals surface area contributed by atoms with Crippen molar-refractivity contribution in [3.63, 3.8) is 0 Å². The molecule has 6 heteroatoms. The largest absolute Gasteiger partial charge is 0.348 e. The molecule has 5 nitrogen and oxygen atoms in total. The highest BCUT2D eigenvalue weighted by molar-refractivity contribution is 5.85. The zero-order valence-corrected chi connectivity index (χ0v) is 14.6. The molecular formula is C17H25ClN4O. The molecule has 3 N–H and O–H groups in total. The lowest BCUT2D eigenvalue weighted by molar-refractivity contribution is -0.124. The second-order valence-corrected chi connectivity index (χ2v) is 5.68. The number of nitrogens with zero attached hydrogens (tertiary/aromatic N) is 2. The Morgan fingerprint density at radius 1 is 1.30 bits per heavy atom. The van der Waals surface area contributed by atoms with E-state index in [2.05, 4.69) is 10.4 Å². The van der Waals surface area contributed by atoms with Gasteiger partial charge in [-0.3, -0.25) is 4.79 Å². The summed E-state index contributed by atoms with van der Waals surface area (Å²) in [5, 5.41) is 7.17. The maximum Gasteiger partial charge on any atom is 0.237 e. The van der Waals surface area contributed by atoms with E-state index in [0.29, 0.717) is 0 Å². The van der Waals surface area contributed by atoms with Gasteiger partial charge in [0, 0.05) is 12.4 Å². The third kappa shape index (κ3) is 4.81. The topological polar surface area (TPSA) is 72.9 Å². The van der Waals surface area contributed by atoms with Gasteiger partial charge in [0.15, 0.2) is 0 Å². The van der Waals surface area contributed by atoms with Gasteiger partial charge in [-0.1, -0.05) is 32.4 Å². The van der Waals surface area contributed by atoms with Gasteiger partial charge in [0.05, 0.1) is 17.8 Å². The molecule has 0 aliphatic rings. The molecule has 0 saturated heterocycles. The Kier molecular flexibility index (Phi) is 7.26. The summed E-state index contributed by atoms with van der Waals surface area (Å²) in [4.78, 5) is 12.1. The van der Waals surface area contributed by atoms with Crippen molar-refractivity contribution >= 4 is 18.3 Å². The van der Waals surface area contributed by atoms with E-state index >= 15 is 0 Å². The Balaban J connectivity index is 0.00000264. The molecule has 1 aromatic carbocycles. The third-order valence-corrected chi connectivity index (χ3v) is 4.08. The Labute approximate surface area is 143 Å². The van der Waals surface area contributed by atoms with Crippen LogP contribution in [0.1, 0.15) is 38.8 Å². The number of hydrogen-bond acceptors (Lipinski definition) is 3. The van der Waals surface area contributed by atoms with Crippen LogP contribution >= 0.6 is 12.4 Å². The monoisotopic (exact) mass is 336 g/mol. The van der Waals surface area contributed by atoms with Crippen molar-refractivity contribution in [3.8, 4) is 5.69 Å². The number of nitrogens with two attached hydrogens (primary N) is 1. The van der Waals surface area contributed by atoms with Gasteiger partial charge in [-0.2, -0.15) is 5.10 Å². The Hall–Kier alpha value is -1.85. The van der Waals surface area contributed by atoms with Crippen LogP contribution in [0.15, 0.2) is 42.7 Å². The van der Waals surface area contributed by atoms with E-state index in [1.807, 2.05) is 57.3 Å². The van der Waals surface area contributed by atoms with Crippen LogP contribution in [0.25, 0.3) is 5.69 Å². The van der Waals surface area contributed by atoms with Crippen molar-refractivity contribution in [2.75, 3.05) is 0 Å². The molecule has 1 heterocycles. The molecule has 0 fully saturated rings. The van der Waals surface area contributed by atoms with Crippen molar-refractivity contribution in [3.05, 3.63) is 48.3 Å². The number of carbonyl (C=O) groups excluding carboxylic acids is 1. The van der Waals surface area contributed by atoms with Crippen molar-refractivity contribution in [1.29, 1.82) is 0 Å². The van der Waals surface area contributed by atoms with E-state index in [-0.39, 0.29) is 30.3 Å². The Morgan fingerprint density at radius 3 is 2.48 bits per heavy atom. The maximum atomic E-state index is 12.1. The van der Waals surface area contributed by atoms with Crippen LogP contribution < -0.4 is 11.1 Å². The minimum Gasteiger partial charge on any atom is -0.348 e. The number of benzene rings is 1. The predicted molar refractivity (Wildman–Crippen MR) is 94.8 cm³/mol. The van der Waals surface area contributed by atoms with Gasteiger partial charge in [-0.15, -0.1) is 12.4 Å². The second kappa shape index (κ2) is 8.70. The number of aromatic nitrogens is 2. The molecule has 2 aromatic rings. The first kappa shape index (κ1) is 19.2. The van der Waals surface area contributed by atoms with Gasteiger partial charge in [-0.25, -0.2) is 4.68 Å². The SMILES string of the molecule is CCC(C)C(N)C(=O)NC(C)c1ccc(-n2cccn2)cc1.Cl. The Morgan fingerprint density at radius 2 is 1.96 bits per heavy atom. The first-order valence-electron chi connectivity index (χ1n) is 7.68. The number of rotatable bonds is 6. The fraction of sp³-hybridized carbons (Fsp3) is 0.412. The van der Waals surface area contributed by atoms with Crippen molar-refractivity contribution in [2.24, 2.45) is 11.7 Å². The molecule has 3 unspecified atom stereocenters. The molecule has 3 atom stereocenters. The highest BCUT2D eigenvalue weighted by Gasteiger charge is 2.21. The van der Waals surface area contributed by atoms with Crippen molar-refractivity contribution < 1.29 is 4.79 Å². The molecule has 1 amide bonds. The van der Waals surface area contributed by atoms with Crippen LogP contribution in [0.5, 0.6) is 0 Å². The minimum absolute atomic E-state index is 0. The Bertz CT molecular complexity index is 598. The van der Waals surface area contributed by atoms with E-state index in [1.165, 1.54) is 0 Å². The average Bonchev–Trinajstić information content (AvgIpc) is 3.07. The molecule has 126 valence electrons.